The molecule has 0 spiro atoms. The van der Waals surface area contributed by atoms with Gasteiger partial charge in [-0.2, -0.15) is 0 Å². The Bertz CT molecular complexity index is 1410. The molecule has 6 nitrogen and oxygen atoms in total. The number of carbonyl (C=O) groups is 3. The van der Waals surface area contributed by atoms with Crippen molar-refractivity contribution >= 4 is 56.2 Å². The molecule has 3 aromatic carbocycles. The van der Waals surface area contributed by atoms with Gasteiger partial charge < -0.3 is 15.6 Å². The lowest BCUT2D eigenvalue weighted by Crippen LogP contribution is -2.41. The molecule has 0 unspecified atom stereocenters. The van der Waals surface area contributed by atoms with Gasteiger partial charge in [0.15, 0.2) is 0 Å². The van der Waals surface area contributed by atoms with Gasteiger partial charge in [0.1, 0.15) is 5.82 Å². The second-order valence-electron chi connectivity index (χ2n) is 7.20. The van der Waals surface area contributed by atoms with Crippen molar-refractivity contribution in [3.63, 3.8) is 0 Å². The van der Waals surface area contributed by atoms with Crippen molar-refractivity contribution in [2.75, 3.05) is 17.2 Å². The molecule has 0 saturated carbocycles. The lowest BCUT2D eigenvalue weighted by molar-refractivity contribution is -0.131. The Hall–Kier alpha value is -3.65. The molecule has 0 atom stereocenters. The minimum Gasteiger partial charge on any atom is -0.366 e. The van der Waals surface area contributed by atoms with E-state index in [0.717, 1.165) is 17.1 Å². The van der Waals surface area contributed by atoms with Gasteiger partial charge in [-0.25, -0.2) is 4.39 Å². The molecule has 5 rings (SSSR count). The topological polar surface area (TPSA) is 96.3 Å². The summed E-state index contributed by atoms with van der Waals surface area (Å²) in [7, 11) is 0. The molecule has 1 saturated heterocycles. The standard InChI is InChI=1S/C23H16FN3O3S/c24-17-4-2-1-3-13(17)14-7-8-16(21(25)28)20-19(14)15-6-5-12(11-18(15)26-20)27-9-10-31-23(30)22(27)29/h1-8,11,26H,9-10H2,(H2,25,28). The maximum absolute atomic E-state index is 14.6. The largest absolute Gasteiger partial charge is 0.366 e. The molecular weight excluding hydrogens is 417 g/mol. The highest BCUT2D eigenvalue weighted by atomic mass is 32.2. The molecule has 0 bridgehead atoms. The summed E-state index contributed by atoms with van der Waals surface area (Å²) in [4.78, 5) is 40.8. The normalized spacial score (nSPS) is 14.5. The van der Waals surface area contributed by atoms with Gasteiger partial charge >= 0.3 is 5.91 Å². The lowest BCUT2D eigenvalue weighted by atomic mass is 9.96. The Kier molecular flexibility index (Phi) is 4.51. The summed E-state index contributed by atoms with van der Waals surface area (Å²) in [6, 6.07) is 15.0. The molecule has 1 fully saturated rings. The molecular formula is C23H16FN3O3S. The van der Waals surface area contributed by atoms with Crippen molar-refractivity contribution < 1.29 is 18.8 Å². The van der Waals surface area contributed by atoms with Crippen LogP contribution in [0.25, 0.3) is 32.9 Å². The third kappa shape index (κ3) is 3.07. The van der Waals surface area contributed by atoms with Gasteiger partial charge in [-0.15, -0.1) is 0 Å². The van der Waals surface area contributed by atoms with Crippen LogP contribution in [-0.4, -0.2) is 34.2 Å². The second-order valence-corrected chi connectivity index (χ2v) is 8.27. The van der Waals surface area contributed by atoms with Crippen LogP contribution >= 0.6 is 11.8 Å². The molecule has 1 aliphatic rings. The Labute approximate surface area is 180 Å². The molecule has 3 N–H and O–H groups in total. The Morgan fingerprint density at radius 1 is 1.06 bits per heavy atom. The van der Waals surface area contributed by atoms with Crippen LogP contribution < -0.4 is 10.6 Å². The minimum absolute atomic E-state index is 0.286. The first kappa shape index (κ1) is 19.3. The van der Waals surface area contributed by atoms with Crippen LogP contribution in [0.15, 0.2) is 54.6 Å². The predicted octanol–water partition coefficient (Wildman–Crippen LogP) is 3.83. The van der Waals surface area contributed by atoms with E-state index in [-0.39, 0.29) is 11.4 Å². The molecule has 1 aromatic heterocycles. The highest BCUT2D eigenvalue weighted by Gasteiger charge is 2.28. The van der Waals surface area contributed by atoms with Gasteiger partial charge in [-0.3, -0.25) is 14.4 Å². The summed E-state index contributed by atoms with van der Waals surface area (Å²) in [6.07, 6.45) is 0. The number of aromatic amines is 1. The zero-order valence-electron chi connectivity index (χ0n) is 16.1. The first-order valence-corrected chi connectivity index (χ1v) is 10.6. The van der Waals surface area contributed by atoms with Crippen molar-refractivity contribution in [3.05, 3.63) is 66.0 Å². The smallest absolute Gasteiger partial charge is 0.305 e. The van der Waals surface area contributed by atoms with Crippen molar-refractivity contribution in [1.82, 2.24) is 4.98 Å². The van der Waals surface area contributed by atoms with Crippen molar-refractivity contribution in [2.24, 2.45) is 5.73 Å². The maximum Gasteiger partial charge on any atom is 0.305 e. The van der Waals surface area contributed by atoms with Crippen LogP contribution in [0.1, 0.15) is 10.4 Å². The molecule has 31 heavy (non-hydrogen) atoms. The summed E-state index contributed by atoms with van der Waals surface area (Å²) in [6.45, 7) is 0.425. The molecule has 2 heterocycles. The number of amides is 2. The van der Waals surface area contributed by atoms with Gasteiger partial charge in [-0.1, -0.05) is 42.1 Å². The molecule has 154 valence electrons. The summed E-state index contributed by atoms with van der Waals surface area (Å²) < 4.78 is 14.6. The quantitative estimate of drug-likeness (QED) is 0.480. The van der Waals surface area contributed by atoms with Crippen molar-refractivity contribution in [3.8, 4) is 11.1 Å². The zero-order valence-corrected chi connectivity index (χ0v) is 17.0. The van der Waals surface area contributed by atoms with E-state index >= 15 is 0 Å². The number of benzene rings is 3. The van der Waals surface area contributed by atoms with Crippen molar-refractivity contribution in [1.29, 1.82) is 0 Å². The number of halogens is 1. The number of primary amides is 1. The molecule has 0 aliphatic carbocycles. The third-order valence-corrected chi connectivity index (χ3v) is 6.27. The number of anilines is 1. The summed E-state index contributed by atoms with van der Waals surface area (Å²) in [5.41, 5.74) is 8.61. The second kappa shape index (κ2) is 7.24. The average Bonchev–Trinajstić information content (AvgIpc) is 3.14. The van der Waals surface area contributed by atoms with Gasteiger partial charge in [0.05, 0.1) is 11.1 Å². The number of rotatable bonds is 3. The predicted molar refractivity (Wildman–Crippen MR) is 120 cm³/mol. The maximum atomic E-state index is 14.6. The SMILES string of the molecule is NC(=O)c1ccc(-c2ccccc2F)c2c1[nH]c1cc(N3CCSC(=O)C3=O)ccc12. The number of carbonyl (C=O) groups excluding carboxylic acids is 3. The minimum atomic E-state index is -0.606. The number of nitrogens with one attached hydrogen (secondary N) is 1. The first-order valence-electron chi connectivity index (χ1n) is 9.57. The van der Waals surface area contributed by atoms with E-state index in [9.17, 15) is 18.8 Å². The van der Waals surface area contributed by atoms with Crippen LogP contribution in [0.5, 0.6) is 0 Å². The van der Waals surface area contributed by atoms with Crippen LogP contribution in [0, 0.1) is 5.82 Å². The van der Waals surface area contributed by atoms with E-state index < -0.39 is 16.9 Å². The first-order chi connectivity index (χ1) is 15.0. The van der Waals surface area contributed by atoms with Crippen LogP contribution in [-0.2, 0) is 9.59 Å². The van der Waals surface area contributed by atoms with Crippen LogP contribution in [0.4, 0.5) is 10.1 Å². The molecule has 0 radical (unpaired) electrons. The van der Waals surface area contributed by atoms with E-state index in [1.54, 1.807) is 48.5 Å². The fourth-order valence-corrected chi connectivity index (χ4v) is 4.72. The van der Waals surface area contributed by atoms with E-state index in [2.05, 4.69) is 4.98 Å². The Morgan fingerprint density at radius 3 is 2.65 bits per heavy atom. The lowest BCUT2D eigenvalue weighted by Gasteiger charge is -2.25. The zero-order chi connectivity index (χ0) is 21.7. The average molecular weight is 433 g/mol. The Balaban J connectivity index is 1.77. The van der Waals surface area contributed by atoms with E-state index in [1.165, 1.54) is 11.0 Å². The number of nitrogens with zero attached hydrogens (tertiary/aromatic N) is 1. The molecule has 8 heteroatoms. The van der Waals surface area contributed by atoms with Gasteiger partial charge in [-0.05, 0) is 29.8 Å². The summed E-state index contributed by atoms with van der Waals surface area (Å²) >= 11 is 1.01. The van der Waals surface area contributed by atoms with E-state index in [1.807, 2.05) is 0 Å². The van der Waals surface area contributed by atoms with E-state index in [4.69, 9.17) is 5.73 Å². The number of hydrogen-bond acceptors (Lipinski definition) is 4. The van der Waals surface area contributed by atoms with Crippen LogP contribution in [0.3, 0.4) is 0 Å². The molecule has 4 aromatic rings. The van der Waals surface area contributed by atoms with Gasteiger partial charge in [0, 0.05) is 39.8 Å². The van der Waals surface area contributed by atoms with Gasteiger partial charge in [0.2, 0.25) is 0 Å². The Morgan fingerprint density at radius 2 is 1.87 bits per heavy atom. The molecule has 2 amide bonds. The monoisotopic (exact) mass is 433 g/mol. The van der Waals surface area contributed by atoms with Gasteiger partial charge in [0.25, 0.3) is 11.0 Å². The molecule has 1 aliphatic heterocycles. The fourth-order valence-electron chi connectivity index (χ4n) is 4.03. The third-order valence-electron chi connectivity index (χ3n) is 5.45. The summed E-state index contributed by atoms with van der Waals surface area (Å²) in [5, 5.41) is 0.936. The number of fused-ring (bicyclic) bond motifs is 3. The van der Waals surface area contributed by atoms with E-state index in [0.29, 0.717) is 45.5 Å². The van der Waals surface area contributed by atoms with Crippen LogP contribution in [0.2, 0.25) is 0 Å². The highest BCUT2D eigenvalue weighted by Crippen LogP contribution is 2.38. The number of H-pyrrole nitrogens is 1. The summed E-state index contributed by atoms with van der Waals surface area (Å²) in [5.74, 6) is -1.02. The number of thioether (sulfide) groups is 1. The number of nitrogens with two attached hydrogens (primary N) is 1. The fraction of sp³-hybridized carbons (Fsp3) is 0.0870. The number of aromatic nitrogens is 1. The number of hydrogen-bond donors (Lipinski definition) is 2. The highest BCUT2D eigenvalue weighted by molar-refractivity contribution is 8.15. The van der Waals surface area contributed by atoms with Crippen molar-refractivity contribution in [2.45, 2.75) is 0 Å².